The fraction of sp³-hybridized carbons (Fsp3) is 0.393. The van der Waals surface area contributed by atoms with E-state index in [0.717, 1.165) is 43.4 Å². The first kappa shape index (κ1) is 22.4. The zero-order chi connectivity index (χ0) is 23.5. The molecule has 3 heterocycles. The van der Waals surface area contributed by atoms with E-state index < -0.39 is 0 Å². The Morgan fingerprint density at radius 1 is 1.18 bits per heavy atom. The minimum atomic E-state index is -0.0859. The van der Waals surface area contributed by atoms with Gasteiger partial charge in [-0.15, -0.1) is 0 Å². The minimum Gasteiger partial charge on any atom is -0.324 e. The minimum absolute atomic E-state index is 0.0384. The molecule has 1 aromatic carbocycles. The highest BCUT2D eigenvalue weighted by Crippen LogP contribution is 2.25. The molecule has 174 valence electrons. The fourth-order valence-corrected chi connectivity index (χ4v) is 4.78. The smallest absolute Gasteiger partial charge is 0.268 e. The third-order valence-electron chi connectivity index (χ3n) is 6.63. The van der Waals surface area contributed by atoms with Crippen molar-refractivity contribution in [2.75, 3.05) is 18.4 Å². The maximum atomic E-state index is 13.3. The number of benzene rings is 1. The normalized spacial score (nSPS) is 16.4. The van der Waals surface area contributed by atoms with E-state index in [1.165, 1.54) is 24.0 Å². The van der Waals surface area contributed by atoms with Gasteiger partial charge in [-0.2, -0.15) is 4.98 Å². The Morgan fingerprint density at radius 2 is 1.97 bits per heavy atom. The molecule has 5 rings (SSSR count). The molecule has 2 N–H and O–H groups in total. The van der Waals surface area contributed by atoms with Crippen LogP contribution in [0.3, 0.4) is 0 Å². The van der Waals surface area contributed by atoms with Crippen LogP contribution >= 0.6 is 0 Å². The highest BCUT2D eigenvalue weighted by molar-refractivity contribution is 5.78. The highest BCUT2D eigenvalue weighted by atomic mass is 16.1. The lowest BCUT2D eigenvalue weighted by molar-refractivity contribution is 0.594. The molecule has 1 aliphatic heterocycles. The molecule has 0 amide bonds. The van der Waals surface area contributed by atoms with Crippen LogP contribution in [0.25, 0.3) is 16.6 Å². The number of hydrogen-bond donors (Lipinski definition) is 2. The fourth-order valence-electron chi connectivity index (χ4n) is 4.78. The Kier molecular flexibility index (Phi) is 6.46. The van der Waals surface area contributed by atoms with E-state index in [9.17, 15) is 4.79 Å². The number of nitrogens with one attached hydrogen (secondary N) is 2. The van der Waals surface area contributed by atoms with Gasteiger partial charge in [0.15, 0.2) is 0 Å². The van der Waals surface area contributed by atoms with E-state index in [1.54, 1.807) is 10.8 Å². The zero-order valence-corrected chi connectivity index (χ0v) is 19.9. The summed E-state index contributed by atoms with van der Waals surface area (Å²) in [5.74, 6) is 7.36. The summed E-state index contributed by atoms with van der Waals surface area (Å²) >= 11 is 0. The molecule has 2 aliphatic rings. The van der Waals surface area contributed by atoms with Crippen molar-refractivity contribution in [1.82, 2.24) is 19.9 Å². The molecule has 6 heteroatoms. The molecule has 2 aromatic heterocycles. The molecule has 0 atom stereocenters. The van der Waals surface area contributed by atoms with Crippen LogP contribution in [0.15, 0.2) is 47.4 Å². The summed E-state index contributed by atoms with van der Waals surface area (Å²) in [5, 5.41) is 7.46. The lowest BCUT2D eigenvalue weighted by atomic mass is 10.0. The number of nitrogens with zero attached hydrogens (tertiary/aromatic N) is 3. The second kappa shape index (κ2) is 9.82. The van der Waals surface area contributed by atoms with Gasteiger partial charge < -0.3 is 10.6 Å². The van der Waals surface area contributed by atoms with Gasteiger partial charge >= 0.3 is 0 Å². The van der Waals surface area contributed by atoms with Crippen LogP contribution in [-0.2, 0) is 0 Å². The van der Waals surface area contributed by atoms with E-state index in [-0.39, 0.29) is 11.6 Å². The van der Waals surface area contributed by atoms with Crippen LogP contribution in [0, 0.1) is 17.8 Å². The van der Waals surface area contributed by atoms with Crippen molar-refractivity contribution in [3.05, 3.63) is 64.1 Å². The molecule has 0 radical (unpaired) electrons. The summed E-state index contributed by atoms with van der Waals surface area (Å²) < 4.78 is 1.73. The number of pyridine rings is 1. The first-order valence-electron chi connectivity index (χ1n) is 12.3. The zero-order valence-electron chi connectivity index (χ0n) is 19.9. The average molecular weight is 454 g/mol. The quantitative estimate of drug-likeness (QED) is 0.542. The van der Waals surface area contributed by atoms with Crippen LogP contribution in [0.4, 0.5) is 11.6 Å². The third kappa shape index (κ3) is 4.76. The molecule has 6 nitrogen and oxygen atoms in total. The third-order valence-corrected chi connectivity index (χ3v) is 6.63. The van der Waals surface area contributed by atoms with Gasteiger partial charge in [0.2, 0.25) is 5.95 Å². The first-order chi connectivity index (χ1) is 16.6. The van der Waals surface area contributed by atoms with Crippen molar-refractivity contribution in [2.45, 2.75) is 52.0 Å². The summed E-state index contributed by atoms with van der Waals surface area (Å²) in [6, 6.07) is 10.1. The van der Waals surface area contributed by atoms with Gasteiger partial charge in [0.1, 0.15) is 5.65 Å². The summed E-state index contributed by atoms with van der Waals surface area (Å²) in [5.41, 5.74) is 4.60. The van der Waals surface area contributed by atoms with E-state index >= 15 is 0 Å². The second-order valence-corrected chi connectivity index (χ2v) is 9.44. The number of anilines is 2. The number of rotatable bonds is 4. The molecular weight excluding hydrogens is 422 g/mol. The topological polar surface area (TPSA) is 71.8 Å². The van der Waals surface area contributed by atoms with E-state index in [2.05, 4.69) is 45.7 Å². The molecule has 1 fully saturated rings. The van der Waals surface area contributed by atoms with E-state index in [0.29, 0.717) is 23.1 Å². The van der Waals surface area contributed by atoms with E-state index in [1.807, 2.05) is 32.0 Å². The lowest BCUT2D eigenvalue weighted by Gasteiger charge is -2.15. The Balaban J connectivity index is 1.44. The van der Waals surface area contributed by atoms with Crippen LogP contribution in [0.1, 0.15) is 63.1 Å². The number of hydrogen-bond acceptors (Lipinski definition) is 5. The molecule has 0 bridgehead atoms. The summed E-state index contributed by atoms with van der Waals surface area (Å²) in [6.07, 6.45) is 9.79. The Bertz CT molecular complexity index is 1340. The molecule has 34 heavy (non-hydrogen) atoms. The highest BCUT2D eigenvalue weighted by Gasteiger charge is 2.15. The van der Waals surface area contributed by atoms with Gasteiger partial charge in [0, 0.05) is 35.8 Å². The lowest BCUT2D eigenvalue weighted by Crippen LogP contribution is -2.25. The molecule has 3 aromatic rings. The molecule has 1 saturated carbocycles. The molecule has 0 spiro atoms. The summed E-state index contributed by atoms with van der Waals surface area (Å²) in [6.45, 7) is 5.94. The monoisotopic (exact) mass is 453 g/mol. The molecule has 1 aliphatic carbocycles. The largest absolute Gasteiger partial charge is 0.324 e. The second-order valence-electron chi connectivity index (χ2n) is 9.44. The van der Waals surface area contributed by atoms with Gasteiger partial charge in [0.25, 0.3) is 5.56 Å². The van der Waals surface area contributed by atoms with Crippen molar-refractivity contribution >= 4 is 28.2 Å². The van der Waals surface area contributed by atoms with Crippen molar-refractivity contribution in [3.63, 3.8) is 0 Å². The van der Waals surface area contributed by atoms with Crippen molar-refractivity contribution in [2.24, 2.45) is 5.92 Å². The van der Waals surface area contributed by atoms with Crippen LogP contribution in [-0.4, -0.2) is 27.6 Å². The standard InChI is InChI=1S/C28H31N5O/c1-19(2)33-26-24(17-23(27(33)34)8-7-20-5-3-4-6-20)18-30-28(32-26)31-25-11-9-21(10-12-25)22-13-15-29-16-14-22/h9-13,17-20,29H,3-6,14-16H2,1-2H3,(H,30,31,32). The summed E-state index contributed by atoms with van der Waals surface area (Å²) in [7, 11) is 0. The van der Waals surface area contributed by atoms with Gasteiger partial charge in [-0.25, -0.2) is 4.98 Å². The van der Waals surface area contributed by atoms with Gasteiger partial charge in [-0.1, -0.05) is 42.9 Å². The Labute approximate surface area is 200 Å². The van der Waals surface area contributed by atoms with E-state index in [4.69, 9.17) is 4.98 Å². The number of fused-ring (bicyclic) bond motifs is 1. The van der Waals surface area contributed by atoms with Gasteiger partial charge in [-0.05, 0) is 69.0 Å². The molecule has 0 unspecified atom stereocenters. The van der Waals surface area contributed by atoms with Crippen molar-refractivity contribution < 1.29 is 0 Å². The predicted octanol–water partition coefficient (Wildman–Crippen LogP) is 5.03. The SMILES string of the molecule is CC(C)n1c(=O)c(C#CC2CCCC2)cc2cnc(Nc3ccc(C4=CCNCC4)cc3)nc21. The maximum Gasteiger partial charge on any atom is 0.268 e. The molecule has 0 saturated heterocycles. The predicted molar refractivity (Wildman–Crippen MR) is 138 cm³/mol. The number of aromatic nitrogens is 3. The molecular formula is C28H31N5O. The summed E-state index contributed by atoms with van der Waals surface area (Å²) in [4.78, 5) is 22.5. The van der Waals surface area contributed by atoms with Crippen LogP contribution in [0.5, 0.6) is 0 Å². The Hall–Kier alpha value is -3.43. The van der Waals surface area contributed by atoms with Gasteiger partial charge in [-0.3, -0.25) is 9.36 Å². The van der Waals surface area contributed by atoms with Crippen LogP contribution in [0.2, 0.25) is 0 Å². The Morgan fingerprint density at radius 3 is 2.68 bits per heavy atom. The van der Waals surface area contributed by atoms with Crippen LogP contribution < -0.4 is 16.2 Å². The van der Waals surface area contributed by atoms with Crippen molar-refractivity contribution in [3.8, 4) is 11.8 Å². The first-order valence-corrected chi connectivity index (χ1v) is 12.3. The van der Waals surface area contributed by atoms with Crippen molar-refractivity contribution in [1.29, 1.82) is 0 Å². The maximum absolute atomic E-state index is 13.3. The average Bonchev–Trinajstić information content (AvgIpc) is 3.37. The van der Waals surface area contributed by atoms with Gasteiger partial charge in [0.05, 0.1) is 5.56 Å².